The van der Waals surface area contributed by atoms with Crippen LogP contribution in [0.5, 0.6) is 5.75 Å². The van der Waals surface area contributed by atoms with Crippen LogP contribution >= 0.6 is 0 Å². The maximum atomic E-state index is 13.9. The monoisotopic (exact) mass is 517 g/mol. The molecule has 1 aromatic heterocycles. The quantitative estimate of drug-likeness (QED) is 0.583. The van der Waals surface area contributed by atoms with E-state index in [1.807, 2.05) is 32.7 Å². The molecule has 2 aromatic rings. The first-order chi connectivity index (χ1) is 17.4. The van der Waals surface area contributed by atoms with Gasteiger partial charge in [-0.3, -0.25) is 14.4 Å². The van der Waals surface area contributed by atoms with E-state index in [2.05, 4.69) is 10.5 Å². The molecule has 2 aliphatic heterocycles. The highest BCUT2D eigenvalue weighted by Crippen LogP contribution is 2.30. The molecule has 1 unspecified atom stereocenters. The molecule has 37 heavy (non-hydrogen) atoms. The largest absolute Gasteiger partial charge is 0.503 e. The van der Waals surface area contributed by atoms with Gasteiger partial charge in [0.25, 0.3) is 11.8 Å². The Kier molecular flexibility index (Phi) is 6.94. The number of nitrogens with one attached hydrogen (secondary N) is 1. The van der Waals surface area contributed by atoms with Gasteiger partial charge in [0.05, 0.1) is 0 Å². The van der Waals surface area contributed by atoms with Gasteiger partial charge in [-0.1, -0.05) is 11.2 Å². The smallest absolute Gasteiger partial charge is 0.274 e. The molecule has 1 aromatic carbocycles. The van der Waals surface area contributed by atoms with E-state index in [0.717, 1.165) is 11.9 Å². The number of nitrogens with zero attached hydrogens (tertiary/aromatic N) is 4. The second kappa shape index (κ2) is 9.83. The molecule has 0 bridgehead atoms. The fourth-order valence-electron chi connectivity index (χ4n) is 4.50. The minimum absolute atomic E-state index is 0.0293. The predicted octanol–water partition coefficient (Wildman–Crippen LogP) is 2.40. The number of pyridine rings is 1. The van der Waals surface area contributed by atoms with Crippen LogP contribution in [0, 0.1) is 11.6 Å². The molecule has 0 radical (unpaired) electrons. The van der Waals surface area contributed by atoms with Crippen molar-refractivity contribution in [1.29, 1.82) is 0 Å². The van der Waals surface area contributed by atoms with Gasteiger partial charge < -0.3 is 29.6 Å². The number of aromatic hydroxyl groups is 1. The van der Waals surface area contributed by atoms with Crippen LogP contribution in [-0.2, 0) is 17.9 Å². The number of amidine groups is 1. The second-order valence-electron chi connectivity index (χ2n) is 9.53. The van der Waals surface area contributed by atoms with Crippen molar-refractivity contribution < 1.29 is 28.3 Å². The number of hydrogen-bond donors (Lipinski definition) is 2. The standard InChI is InChI=1S/C25H29F2N5O5/c1-14(7-8-25(3)30(4)15(2)29-37-25)32-10-9-31-13-18(21(33)22(34)20(31)24(32)36)23(35)28-12-16-5-6-17(26)11-19(16)27/h5-6,11,13-14,34H,7-10,12H2,1-4H3,(H,28,35)/t14?,25-/m0/s1. The Hall–Kier alpha value is -3.96. The lowest BCUT2D eigenvalue weighted by atomic mass is 10.0. The lowest BCUT2D eigenvalue weighted by Gasteiger charge is -2.37. The number of benzene rings is 1. The predicted molar refractivity (Wildman–Crippen MR) is 130 cm³/mol. The van der Waals surface area contributed by atoms with Crippen molar-refractivity contribution in [3.8, 4) is 5.75 Å². The van der Waals surface area contributed by atoms with E-state index >= 15 is 0 Å². The molecule has 4 rings (SSSR count). The molecule has 0 saturated carbocycles. The second-order valence-corrected chi connectivity index (χ2v) is 9.53. The van der Waals surface area contributed by atoms with Crippen LogP contribution in [0.3, 0.4) is 0 Å². The van der Waals surface area contributed by atoms with Gasteiger partial charge in [-0.15, -0.1) is 0 Å². The zero-order valence-electron chi connectivity index (χ0n) is 21.0. The Balaban J connectivity index is 1.47. The Bertz CT molecular complexity index is 1340. The molecule has 0 aliphatic carbocycles. The van der Waals surface area contributed by atoms with E-state index in [1.165, 1.54) is 16.8 Å². The molecule has 0 spiro atoms. The van der Waals surface area contributed by atoms with Crippen molar-refractivity contribution in [1.82, 2.24) is 19.7 Å². The van der Waals surface area contributed by atoms with Crippen LogP contribution in [0.4, 0.5) is 8.78 Å². The van der Waals surface area contributed by atoms with Crippen molar-refractivity contribution in [3.63, 3.8) is 0 Å². The number of carbonyl (C=O) groups excluding carboxylic acids is 2. The summed E-state index contributed by atoms with van der Waals surface area (Å²) >= 11 is 0. The molecule has 198 valence electrons. The minimum Gasteiger partial charge on any atom is -0.503 e. The molecule has 2 atom stereocenters. The van der Waals surface area contributed by atoms with E-state index < -0.39 is 40.4 Å². The maximum absolute atomic E-state index is 13.9. The average molecular weight is 518 g/mol. The van der Waals surface area contributed by atoms with E-state index in [0.29, 0.717) is 25.5 Å². The van der Waals surface area contributed by atoms with Crippen molar-refractivity contribution >= 4 is 17.6 Å². The number of halogens is 2. The topological polar surface area (TPSA) is 116 Å². The first-order valence-electron chi connectivity index (χ1n) is 11.9. The van der Waals surface area contributed by atoms with Gasteiger partial charge in [-0.2, -0.15) is 0 Å². The highest BCUT2D eigenvalue weighted by Gasteiger charge is 2.39. The number of oxime groups is 1. The number of amides is 2. The normalized spacial score (nSPS) is 19.8. The summed E-state index contributed by atoms with van der Waals surface area (Å²) in [5.74, 6) is -3.03. The van der Waals surface area contributed by atoms with Gasteiger partial charge >= 0.3 is 0 Å². The Morgan fingerprint density at radius 2 is 2.03 bits per heavy atom. The molecule has 2 amide bonds. The molecular formula is C25H29F2N5O5. The lowest BCUT2D eigenvalue weighted by molar-refractivity contribution is -0.0848. The molecule has 3 heterocycles. The highest BCUT2D eigenvalue weighted by molar-refractivity contribution is 5.99. The van der Waals surface area contributed by atoms with Crippen molar-refractivity contribution in [3.05, 3.63) is 63.1 Å². The molecule has 0 saturated heterocycles. The van der Waals surface area contributed by atoms with Crippen LogP contribution in [-0.4, -0.2) is 62.5 Å². The first kappa shape index (κ1) is 26.1. The Morgan fingerprint density at radius 3 is 2.68 bits per heavy atom. The number of carbonyl (C=O) groups is 2. The van der Waals surface area contributed by atoms with E-state index in [1.54, 1.807) is 4.90 Å². The van der Waals surface area contributed by atoms with E-state index in [-0.39, 0.29) is 36.0 Å². The highest BCUT2D eigenvalue weighted by atomic mass is 19.1. The van der Waals surface area contributed by atoms with Crippen molar-refractivity contribution in [2.45, 2.75) is 58.5 Å². The van der Waals surface area contributed by atoms with Gasteiger partial charge in [0.15, 0.2) is 11.4 Å². The molecule has 12 heteroatoms. The zero-order valence-corrected chi connectivity index (χ0v) is 21.0. The number of fused-ring (bicyclic) bond motifs is 1. The van der Waals surface area contributed by atoms with Crippen LogP contribution < -0.4 is 10.7 Å². The molecule has 2 N–H and O–H groups in total. The summed E-state index contributed by atoms with van der Waals surface area (Å²) in [6.07, 6.45) is 2.39. The summed E-state index contributed by atoms with van der Waals surface area (Å²) in [6.45, 7) is 5.90. The maximum Gasteiger partial charge on any atom is 0.274 e. The summed E-state index contributed by atoms with van der Waals surface area (Å²) in [7, 11) is 1.88. The van der Waals surface area contributed by atoms with Crippen LogP contribution in [0.15, 0.2) is 34.3 Å². The molecule has 2 aliphatic rings. The van der Waals surface area contributed by atoms with Gasteiger partial charge in [-0.05, 0) is 33.3 Å². The van der Waals surface area contributed by atoms with E-state index in [4.69, 9.17) is 4.84 Å². The molecular weight excluding hydrogens is 488 g/mol. The Labute approximate surface area is 212 Å². The summed E-state index contributed by atoms with van der Waals surface area (Å²) in [5, 5.41) is 17.0. The minimum atomic E-state index is -1.01. The number of rotatable bonds is 7. The molecule has 0 fully saturated rings. The fourth-order valence-corrected chi connectivity index (χ4v) is 4.50. The van der Waals surface area contributed by atoms with Crippen LogP contribution in [0.25, 0.3) is 0 Å². The summed E-state index contributed by atoms with van der Waals surface area (Å²) < 4.78 is 28.3. The van der Waals surface area contributed by atoms with Gasteiger partial charge in [0.1, 0.15) is 23.0 Å². The SMILES string of the molecule is CC1=NO[C@@](C)(CCC(C)N2CCn3cc(C(=O)NCc4ccc(F)cc4F)c(=O)c(O)c3C2=O)N1C. The van der Waals surface area contributed by atoms with Crippen LogP contribution in [0.1, 0.15) is 60.0 Å². The van der Waals surface area contributed by atoms with Crippen molar-refractivity contribution in [2.75, 3.05) is 13.6 Å². The zero-order chi connectivity index (χ0) is 27.1. The van der Waals surface area contributed by atoms with Gasteiger partial charge in [0, 0.05) is 57.0 Å². The first-order valence-corrected chi connectivity index (χ1v) is 11.9. The van der Waals surface area contributed by atoms with Gasteiger partial charge in [0.2, 0.25) is 11.2 Å². The molecule has 10 nitrogen and oxygen atoms in total. The lowest BCUT2D eigenvalue weighted by Crippen LogP contribution is -2.48. The number of hydrogen-bond acceptors (Lipinski definition) is 7. The van der Waals surface area contributed by atoms with Crippen molar-refractivity contribution in [2.24, 2.45) is 5.16 Å². The third-order valence-electron chi connectivity index (χ3n) is 7.13. The Morgan fingerprint density at radius 1 is 1.30 bits per heavy atom. The summed E-state index contributed by atoms with van der Waals surface area (Å²) in [5.41, 5.74) is -2.19. The average Bonchev–Trinajstić information content (AvgIpc) is 3.11. The summed E-state index contributed by atoms with van der Waals surface area (Å²) in [6, 6.07) is 2.70. The van der Waals surface area contributed by atoms with E-state index in [9.17, 15) is 28.3 Å². The summed E-state index contributed by atoms with van der Waals surface area (Å²) in [4.78, 5) is 47.8. The third-order valence-corrected chi connectivity index (χ3v) is 7.13. The van der Waals surface area contributed by atoms with Crippen LogP contribution in [0.2, 0.25) is 0 Å². The number of aromatic nitrogens is 1. The fraction of sp³-hybridized carbons (Fsp3) is 0.440. The third kappa shape index (κ3) is 4.87. The van der Waals surface area contributed by atoms with Gasteiger partial charge in [-0.25, -0.2) is 8.78 Å².